The van der Waals surface area contributed by atoms with Crippen LogP contribution in [0.15, 0.2) is 71.2 Å². The van der Waals surface area contributed by atoms with E-state index in [9.17, 15) is 19.2 Å². The van der Waals surface area contributed by atoms with Crippen LogP contribution in [0.2, 0.25) is 0 Å². The third-order valence-electron chi connectivity index (χ3n) is 4.73. The van der Waals surface area contributed by atoms with Gasteiger partial charge in [0.25, 0.3) is 5.91 Å². The molecule has 7 nitrogen and oxygen atoms in total. The maximum Gasteiger partial charge on any atom is 0.344 e. The fraction of sp³-hybridized carbons (Fsp3) is 0.0833. The second-order valence-corrected chi connectivity index (χ2v) is 7.83. The molecule has 0 saturated heterocycles. The number of benzene rings is 3. The zero-order chi connectivity index (χ0) is 22.7. The fourth-order valence-electron chi connectivity index (χ4n) is 3.26. The van der Waals surface area contributed by atoms with Crippen LogP contribution in [0.1, 0.15) is 31.8 Å². The molecule has 0 fully saturated rings. The highest BCUT2D eigenvalue weighted by molar-refractivity contribution is 9.10. The van der Waals surface area contributed by atoms with Crippen LogP contribution in [0.3, 0.4) is 0 Å². The molecular weight excluding hydrogens is 478 g/mol. The van der Waals surface area contributed by atoms with E-state index in [0.717, 1.165) is 4.47 Å². The normalized spacial score (nSPS) is 11.9. The predicted molar refractivity (Wildman–Crippen MR) is 119 cm³/mol. The fourth-order valence-corrected chi connectivity index (χ4v) is 3.64. The highest BCUT2D eigenvalue weighted by Gasteiger charge is 2.29. The number of carbonyl (C=O) groups is 4. The van der Waals surface area contributed by atoms with E-state index in [1.54, 1.807) is 42.5 Å². The quantitative estimate of drug-likeness (QED) is 0.410. The molecule has 0 radical (unpaired) electrons. The van der Waals surface area contributed by atoms with Gasteiger partial charge < -0.3 is 14.8 Å². The largest absolute Gasteiger partial charge is 0.482 e. The Balaban J connectivity index is 1.34. The summed E-state index contributed by atoms with van der Waals surface area (Å²) >= 11 is 3.30. The molecule has 0 saturated carbocycles. The van der Waals surface area contributed by atoms with Crippen LogP contribution < -0.4 is 10.1 Å². The predicted octanol–water partition coefficient (Wildman–Crippen LogP) is 3.79. The number of nitrogens with one attached hydrogen (secondary N) is 1. The van der Waals surface area contributed by atoms with Gasteiger partial charge in [0.2, 0.25) is 0 Å². The number of anilines is 1. The van der Waals surface area contributed by atoms with E-state index in [2.05, 4.69) is 21.2 Å². The Bertz CT molecular complexity index is 1250. The minimum absolute atomic E-state index is 0.214. The average molecular weight is 494 g/mol. The van der Waals surface area contributed by atoms with Gasteiger partial charge in [-0.15, -0.1) is 0 Å². The summed E-state index contributed by atoms with van der Waals surface area (Å²) in [6.07, 6.45) is 0. The smallest absolute Gasteiger partial charge is 0.344 e. The Labute approximate surface area is 191 Å². The van der Waals surface area contributed by atoms with Gasteiger partial charge in [-0.25, -0.2) is 4.79 Å². The molecule has 1 aliphatic rings. The highest BCUT2D eigenvalue weighted by atomic mass is 79.9. The molecule has 0 bridgehead atoms. The highest BCUT2D eigenvalue weighted by Crippen LogP contribution is 2.29. The van der Waals surface area contributed by atoms with E-state index < -0.39 is 18.5 Å². The molecule has 160 valence electrons. The first-order valence-electron chi connectivity index (χ1n) is 9.58. The molecule has 0 aliphatic heterocycles. The van der Waals surface area contributed by atoms with Gasteiger partial charge >= 0.3 is 5.97 Å². The Hall–Kier alpha value is -3.78. The molecular formula is C24H16BrNO6. The molecule has 1 aliphatic carbocycles. The van der Waals surface area contributed by atoms with Gasteiger partial charge in [-0.2, -0.15) is 0 Å². The van der Waals surface area contributed by atoms with Crippen LogP contribution in [0.5, 0.6) is 5.75 Å². The summed E-state index contributed by atoms with van der Waals surface area (Å²) in [6, 6.07) is 18.0. The number of amides is 1. The zero-order valence-electron chi connectivity index (χ0n) is 16.6. The van der Waals surface area contributed by atoms with E-state index in [-0.39, 0.29) is 29.3 Å². The lowest BCUT2D eigenvalue weighted by atomic mass is 9.84. The molecule has 0 atom stereocenters. The minimum atomic E-state index is -0.706. The summed E-state index contributed by atoms with van der Waals surface area (Å²) < 4.78 is 11.0. The van der Waals surface area contributed by atoms with E-state index in [1.807, 2.05) is 6.07 Å². The number of hydrogen-bond donors (Lipinski definition) is 1. The Morgan fingerprint density at radius 2 is 1.47 bits per heavy atom. The van der Waals surface area contributed by atoms with Crippen LogP contribution in [0, 0.1) is 0 Å². The summed E-state index contributed by atoms with van der Waals surface area (Å²) in [5.41, 5.74) is 1.50. The molecule has 0 aromatic heterocycles. The van der Waals surface area contributed by atoms with Crippen molar-refractivity contribution in [3.05, 3.63) is 93.5 Å². The van der Waals surface area contributed by atoms with E-state index in [4.69, 9.17) is 9.47 Å². The van der Waals surface area contributed by atoms with Crippen molar-refractivity contribution < 1.29 is 28.7 Å². The standard InChI is InChI=1S/C24H16BrNO6/c25-14-4-3-5-16(10-14)31-13-22(28)32-12-21(27)26-15-8-9-19-20(11-15)24(30)18-7-2-1-6-17(18)23(19)29/h1-11H,12-13H2,(H,26,27). The number of esters is 1. The van der Waals surface area contributed by atoms with Gasteiger partial charge in [0.15, 0.2) is 24.8 Å². The van der Waals surface area contributed by atoms with Gasteiger partial charge in [-0.05, 0) is 36.4 Å². The summed E-state index contributed by atoms with van der Waals surface area (Å²) in [5.74, 6) is -1.34. The number of fused-ring (bicyclic) bond motifs is 2. The molecule has 8 heteroatoms. The number of carbonyl (C=O) groups excluding carboxylic acids is 4. The van der Waals surface area contributed by atoms with Crippen molar-refractivity contribution in [1.82, 2.24) is 0 Å². The first kappa shape index (κ1) is 21.5. The lowest BCUT2D eigenvalue weighted by molar-refractivity contribution is -0.149. The second kappa shape index (κ2) is 9.15. The van der Waals surface area contributed by atoms with Gasteiger partial charge in [0.05, 0.1) is 0 Å². The maximum absolute atomic E-state index is 12.8. The van der Waals surface area contributed by atoms with Crippen LogP contribution >= 0.6 is 15.9 Å². The van der Waals surface area contributed by atoms with Crippen LogP contribution in [-0.2, 0) is 14.3 Å². The third kappa shape index (κ3) is 4.60. The van der Waals surface area contributed by atoms with E-state index in [1.165, 1.54) is 18.2 Å². The van der Waals surface area contributed by atoms with E-state index in [0.29, 0.717) is 22.6 Å². The van der Waals surface area contributed by atoms with Gasteiger partial charge in [-0.3, -0.25) is 14.4 Å². The monoisotopic (exact) mass is 493 g/mol. The molecule has 32 heavy (non-hydrogen) atoms. The molecule has 1 N–H and O–H groups in total. The first-order chi connectivity index (χ1) is 15.4. The van der Waals surface area contributed by atoms with Crippen molar-refractivity contribution in [1.29, 1.82) is 0 Å². The number of ether oxygens (including phenoxy) is 2. The number of hydrogen-bond acceptors (Lipinski definition) is 6. The van der Waals surface area contributed by atoms with Crippen molar-refractivity contribution in [2.24, 2.45) is 0 Å². The molecule has 0 spiro atoms. The average Bonchev–Trinajstić information content (AvgIpc) is 2.80. The zero-order valence-corrected chi connectivity index (χ0v) is 18.2. The number of halogens is 1. The Kier molecular flexibility index (Phi) is 6.13. The summed E-state index contributed by atoms with van der Waals surface area (Å²) in [7, 11) is 0. The first-order valence-corrected chi connectivity index (χ1v) is 10.4. The SMILES string of the molecule is O=C(COC(=O)COc1cccc(Br)c1)Nc1ccc2c(c1)C(=O)c1ccccc1C2=O. The van der Waals surface area contributed by atoms with Gasteiger partial charge in [0.1, 0.15) is 5.75 Å². The van der Waals surface area contributed by atoms with Crippen molar-refractivity contribution in [2.75, 3.05) is 18.5 Å². The van der Waals surface area contributed by atoms with Crippen molar-refractivity contribution >= 4 is 45.1 Å². The maximum atomic E-state index is 12.8. The van der Waals surface area contributed by atoms with Crippen LogP contribution in [0.4, 0.5) is 5.69 Å². The van der Waals surface area contributed by atoms with Crippen molar-refractivity contribution in [3.8, 4) is 5.75 Å². The molecule has 0 unspecified atom stereocenters. The summed E-state index contributed by atoms with van der Waals surface area (Å²) in [5, 5.41) is 2.56. The summed E-state index contributed by atoms with van der Waals surface area (Å²) in [4.78, 5) is 49.4. The van der Waals surface area contributed by atoms with Crippen LogP contribution in [-0.4, -0.2) is 36.7 Å². The second-order valence-electron chi connectivity index (χ2n) is 6.92. The molecule has 1 amide bonds. The lowest BCUT2D eigenvalue weighted by Gasteiger charge is -2.18. The lowest BCUT2D eigenvalue weighted by Crippen LogP contribution is -2.24. The number of rotatable bonds is 6. The third-order valence-corrected chi connectivity index (χ3v) is 5.22. The van der Waals surface area contributed by atoms with Crippen LogP contribution in [0.25, 0.3) is 0 Å². The van der Waals surface area contributed by atoms with E-state index >= 15 is 0 Å². The molecule has 0 heterocycles. The number of ketones is 2. The van der Waals surface area contributed by atoms with Crippen molar-refractivity contribution in [2.45, 2.75) is 0 Å². The van der Waals surface area contributed by atoms with Crippen molar-refractivity contribution in [3.63, 3.8) is 0 Å². The Morgan fingerprint density at radius 3 is 2.19 bits per heavy atom. The summed E-state index contributed by atoms with van der Waals surface area (Å²) in [6.45, 7) is -0.869. The molecule has 4 rings (SSSR count). The molecule has 3 aromatic carbocycles. The molecule has 3 aromatic rings. The van der Waals surface area contributed by atoms with Gasteiger partial charge in [0, 0.05) is 32.4 Å². The topological polar surface area (TPSA) is 98.8 Å². The van der Waals surface area contributed by atoms with Gasteiger partial charge in [-0.1, -0.05) is 46.3 Å². The Morgan fingerprint density at radius 1 is 0.781 bits per heavy atom. The minimum Gasteiger partial charge on any atom is -0.482 e.